The number of benzene rings is 1. The molecule has 2 fully saturated rings. The van der Waals surface area contributed by atoms with Crippen LogP contribution < -0.4 is 5.73 Å². The van der Waals surface area contributed by atoms with E-state index in [1.807, 2.05) is 4.90 Å². The standard InChI is InChI=1S/C23H28FN5O2/c1-15(30)28-12-9-16(10-13-28)22(31)29-11-5-4-8-20(29)21-18(14-26-23(25)27-21)17-6-2-3-7-19(17)24/h2-3,6-7,14,16,20H,4-5,8-13H2,1H3,(H2,25,26,27)/t20-/m0/s1. The van der Waals surface area contributed by atoms with E-state index in [1.165, 1.54) is 6.07 Å². The lowest BCUT2D eigenvalue weighted by Crippen LogP contribution is -2.46. The van der Waals surface area contributed by atoms with E-state index >= 15 is 0 Å². The van der Waals surface area contributed by atoms with Crippen molar-refractivity contribution in [1.82, 2.24) is 19.8 Å². The smallest absolute Gasteiger partial charge is 0.226 e. The van der Waals surface area contributed by atoms with Crippen LogP contribution in [0.2, 0.25) is 0 Å². The van der Waals surface area contributed by atoms with E-state index in [1.54, 1.807) is 36.2 Å². The van der Waals surface area contributed by atoms with Gasteiger partial charge in [0.1, 0.15) is 5.82 Å². The first-order valence-corrected chi connectivity index (χ1v) is 10.9. The monoisotopic (exact) mass is 425 g/mol. The molecule has 2 N–H and O–H groups in total. The summed E-state index contributed by atoms with van der Waals surface area (Å²) in [6, 6.07) is 6.24. The van der Waals surface area contributed by atoms with Gasteiger partial charge in [-0.25, -0.2) is 14.4 Å². The van der Waals surface area contributed by atoms with Gasteiger partial charge in [0.15, 0.2) is 0 Å². The van der Waals surface area contributed by atoms with Gasteiger partial charge >= 0.3 is 0 Å². The molecule has 0 bridgehead atoms. The molecule has 31 heavy (non-hydrogen) atoms. The third-order valence-electron chi connectivity index (χ3n) is 6.39. The Hall–Kier alpha value is -3.03. The first-order valence-electron chi connectivity index (χ1n) is 10.9. The molecule has 1 aromatic carbocycles. The zero-order chi connectivity index (χ0) is 22.0. The van der Waals surface area contributed by atoms with Crippen LogP contribution in [0, 0.1) is 11.7 Å². The molecule has 2 amide bonds. The normalized spacial score (nSPS) is 20.0. The van der Waals surface area contributed by atoms with Gasteiger partial charge in [-0.2, -0.15) is 0 Å². The Kier molecular flexibility index (Phi) is 6.15. The predicted octanol–water partition coefficient (Wildman–Crippen LogP) is 3.18. The lowest BCUT2D eigenvalue weighted by atomic mass is 9.90. The summed E-state index contributed by atoms with van der Waals surface area (Å²) in [4.78, 5) is 37.4. The summed E-state index contributed by atoms with van der Waals surface area (Å²) in [5, 5.41) is 0. The van der Waals surface area contributed by atoms with Crippen LogP contribution in [-0.4, -0.2) is 51.2 Å². The van der Waals surface area contributed by atoms with Gasteiger partial charge in [0.05, 0.1) is 11.7 Å². The minimum absolute atomic E-state index is 0.0488. The molecule has 0 spiro atoms. The van der Waals surface area contributed by atoms with Gasteiger partial charge in [0, 0.05) is 49.8 Å². The van der Waals surface area contributed by atoms with E-state index in [9.17, 15) is 14.0 Å². The van der Waals surface area contributed by atoms with Crippen molar-refractivity contribution in [3.05, 3.63) is 42.0 Å². The van der Waals surface area contributed by atoms with Crippen LogP contribution in [0.5, 0.6) is 0 Å². The van der Waals surface area contributed by atoms with Gasteiger partial charge in [-0.3, -0.25) is 9.59 Å². The summed E-state index contributed by atoms with van der Waals surface area (Å²) >= 11 is 0. The lowest BCUT2D eigenvalue weighted by Gasteiger charge is -2.40. The zero-order valence-electron chi connectivity index (χ0n) is 17.8. The average molecular weight is 426 g/mol. The second-order valence-electron chi connectivity index (χ2n) is 8.33. The first kappa shape index (κ1) is 21.2. The van der Waals surface area contributed by atoms with Crippen molar-refractivity contribution >= 4 is 17.8 Å². The zero-order valence-corrected chi connectivity index (χ0v) is 17.8. The van der Waals surface area contributed by atoms with E-state index in [-0.39, 0.29) is 35.5 Å². The molecular weight excluding hydrogens is 397 g/mol. The average Bonchev–Trinajstić information content (AvgIpc) is 2.79. The minimum atomic E-state index is -0.359. The number of anilines is 1. The summed E-state index contributed by atoms with van der Waals surface area (Å²) in [7, 11) is 0. The van der Waals surface area contributed by atoms with Crippen LogP contribution in [0.15, 0.2) is 30.5 Å². The lowest BCUT2D eigenvalue weighted by molar-refractivity contribution is -0.143. The number of nitrogen functional groups attached to an aromatic ring is 1. The molecule has 0 saturated carbocycles. The third kappa shape index (κ3) is 4.38. The number of hydrogen-bond acceptors (Lipinski definition) is 5. The van der Waals surface area contributed by atoms with E-state index < -0.39 is 0 Å². The Balaban J connectivity index is 1.64. The second kappa shape index (κ2) is 8.99. The SMILES string of the molecule is CC(=O)N1CCC(C(=O)N2CCCC[C@H]2c2nc(N)ncc2-c2ccccc2F)CC1. The predicted molar refractivity (Wildman–Crippen MR) is 115 cm³/mol. The maximum absolute atomic E-state index is 14.6. The van der Waals surface area contributed by atoms with Crippen molar-refractivity contribution in [3.63, 3.8) is 0 Å². The molecule has 2 aliphatic heterocycles. The molecule has 2 aromatic rings. The van der Waals surface area contributed by atoms with Gasteiger partial charge in [-0.15, -0.1) is 0 Å². The van der Waals surface area contributed by atoms with Gasteiger partial charge in [-0.05, 0) is 38.2 Å². The van der Waals surface area contributed by atoms with E-state index in [0.717, 1.165) is 19.3 Å². The maximum atomic E-state index is 14.6. The summed E-state index contributed by atoms with van der Waals surface area (Å²) in [6.45, 7) is 3.40. The van der Waals surface area contributed by atoms with Gasteiger partial charge in [-0.1, -0.05) is 18.2 Å². The topological polar surface area (TPSA) is 92.4 Å². The van der Waals surface area contributed by atoms with Crippen molar-refractivity contribution in [1.29, 1.82) is 0 Å². The van der Waals surface area contributed by atoms with Gasteiger partial charge < -0.3 is 15.5 Å². The molecule has 1 aromatic heterocycles. The highest BCUT2D eigenvalue weighted by Crippen LogP contribution is 2.38. The molecule has 2 aliphatic rings. The minimum Gasteiger partial charge on any atom is -0.368 e. The number of aromatic nitrogens is 2. The summed E-state index contributed by atoms with van der Waals surface area (Å²) in [5.41, 5.74) is 7.49. The Morgan fingerprint density at radius 2 is 1.81 bits per heavy atom. The molecule has 7 nitrogen and oxygen atoms in total. The number of halogens is 1. The van der Waals surface area contributed by atoms with Crippen LogP contribution in [0.25, 0.3) is 11.1 Å². The van der Waals surface area contributed by atoms with Crippen molar-refractivity contribution < 1.29 is 14.0 Å². The summed E-state index contributed by atoms with van der Waals surface area (Å²) in [6.07, 6.45) is 5.50. The Morgan fingerprint density at radius 1 is 1.06 bits per heavy atom. The summed E-state index contributed by atoms with van der Waals surface area (Å²) in [5.74, 6) is -0.227. The Bertz CT molecular complexity index is 974. The fourth-order valence-corrected chi connectivity index (χ4v) is 4.71. The number of amides is 2. The summed E-state index contributed by atoms with van der Waals surface area (Å²) < 4.78 is 14.6. The number of carbonyl (C=O) groups is 2. The molecule has 0 radical (unpaired) electrons. The highest BCUT2D eigenvalue weighted by molar-refractivity contribution is 5.81. The molecule has 0 aliphatic carbocycles. The fourth-order valence-electron chi connectivity index (χ4n) is 4.71. The van der Waals surface area contributed by atoms with Crippen LogP contribution >= 0.6 is 0 Å². The van der Waals surface area contributed by atoms with Crippen LogP contribution in [0.1, 0.15) is 50.8 Å². The van der Waals surface area contributed by atoms with Crippen molar-refractivity contribution in [2.75, 3.05) is 25.4 Å². The molecule has 0 unspecified atom stereocenters. The molecule has 1 atom stereocenters. The Morgan fingerprint density at radius 3 is 2.52 bits per heavy atom. The van der Waals surface area contributed by atoms with Crippen LogP contribution in [-0.2, 0) is 9.59 Å². The Labute approximate surface area is 181 Å². The number of rotatable bonds is 3. The second-order valence-corrected chi connectivity index (χ2v) is 8.33. The largest absolute Gasteiger partial charge is 0.368 e. The van der Waals surface area contributed by atoms with Crippen LogP contribution in [0.3, 0.4) is 0 Å². The maximum Gasteiger partial charge on any atom is 0.226 e. The molecular formula is C23H28FN5O2. The fraction of sp³-hybridized carbons (Fsp3) is 0.478. The van der Waals surface area contributed by atoms with Crippen molar-refractivity contribution in [3.8, 4) is 11.1 Å². The molecule has 164 valence electrons. The van der Waals surface area contributed by atoms with Gasteiger partial charge in [0.25, 0.3) is 0 Å². The third-order valence-corrected chi connectivity index (χ3v) is 6.39. The van der Waals surface area contributed by atoms with Crippen LogP contribution in [0.4, 0.5) is 10.3 Å². The number of nitrogens with two attached hydrogens (primary N) is 1. The highest BCUT2D eigenvalue weighted by atomic mass is 19.1. The highest BCUT2D eigenvalue weighted by Gasteiger charge is 2.36. The molecule has 8 heteroatoms. The van der Waals surface area contributed by atoms with Crippen molar-refractivity contribution in [2.24, 2.45) is 5.92 Å². The number of hydrogen-bond donors (Lipinski definition) is 1. The molecule has 3 heterocycles. The van der Waals surface area contributed by atoms with Crippen molar-refractivity contribution in [2.45, 2.75) is 45.1 Å². The van der Waals surface area contributed by atoms with E-state index in [2.05, 4.69) is 9.97 Å². The first-order chi connectivity index (χ1) is 15.0. The number of likely N-dealkylation sites (tertiary alicyclic amines) is 2. The number of carbonyl (C=O) groups excluding carboxylic acids is 2. The van der Waals surface area contributed by atoms with E-state index in [0.29, 0.717) is 49.3 Å². The molecule has 4 rings (SSSR count). The molecule has 2 saturated heterocycles. The van der Waals surface area contributed by atoms with Gasteiger partial charge in [0.2, 0.25) is 17.8 Å². The van der Waals surface area contributed by atoms with E-state index in [4.69, 9.17) is 5.73 Å². The number of nitrogens with zero attached hydrogens (tertiary/aromatic N) is 4. The number of piperidine rings is 2. The quantitative estimate of drug-likeness (QED) is 0.815.